The summed E-state index contributed by atoms with van der Waals surface area (Å²) in [4.78, 5) is 71.5. The number of hydrogen-bond donors (Lipinski definition) is 5. The summed E-state index contributed by atoms with van der Waals surface area (Å²) in [5, 5.41) is 54.2. The average Bonchev–Trinajstić information content (AvgIpc) is 3.22. The van der Waals surface area contributed by atoms with Crippen LogP contribution in [-0.4, -0.2) is 147 Å². The summed E-state index contributed by atoms with van der Waals surface area (Å²) in [7, 11) is 3.07. The fraction of sp³-hybridized carbons (Fsp3) is 0.809. The van der Waals surface area contributed by atoms with Gasteiger partial charge in [-0.3, -0.25) is 19.2 Å². The molecule has 0 spiro atoms. The molecule has 15 heteroatoms. The molecule has 4 aliphatic rings. The second-order valence-corrected chi connectivity index (χ2v) is 19.1. The van der Waals surface area contributed by atoms with Gasteiger partial charge < -0.3 is 49.5 Å². The highest BCUT2D eigenvalue weighted by Gasteiger charge is 2.48. The maximum Gasteiger partial charge on any atom is 0.329 e. The SMILES string of the molecule is COC1CC(C)CC(C)/C=C(\CCCC(=O)N2CC(O)C2)C(=O)CC(O)C(C)C(C(C)=CC2CCC(O)CC2)OC(=O)C2CCCCN2C(=O)C(=O)C(O)(O)C(C)CC(OC)C1. The molecule has 1 saturated carbocycles. The standard InChI is InChI=1S/C47H76N2O13/c1-28-19-29(2)21-37(60-6)24-38(61-7)23-31(4)47(58,59)44(55)45(56)49-18-9-8-12-39(49)46(57)62-43(30(3)22-33-14-16-35(50)17-15-33)32(5)40(52)25-41(53)34(20-28)11-10-13-42(54)48-26-36(51)27-48/h20,22,28-29,31-33,35-40,43,50-52,58-59H,8-19,21,23-27H2,1-7H3/b30-22?,34-20+. The number of hydrogen-bond acceptors (Lipinski definition) is 13. The molecule has 352 valence electrons. The fourth-order valence-electron chi connectivity index (χ4n) is 9.78. The first-order valence-electron chi connectivity index (χ1n) is 23.1. The molecule has 3 heterocycles. The summed E-state index contributed by atoms with van der Waals surface area (Å²) in [6.07, 6.45) is 6.01. The van der Waals surface area contributed by atoms with Crippen molar-refractivity contribution in [1.82, 2.24) is 9.80 Å². The summed E-state index contributed by atoms with van der Waals surface area (Å²) in [6.45, 7) is 9.66. The molecule has 9 unspecified atom stereocenters. The largest absolute Gasteiger partial charge is 0.456 e. The summed E-state index contributed by atoms with van der Waals surface area (Å²) in [5.41, 5.74) is 1.14. The number of aliphatic hydroxyl groups excluding tert-OH is 3. The summed E-state index contributed by atoms with van der Waals surface area (Å²) < 4.78 is 17.8. The van der Waals surface area contributed by atoms with Crippen molar-refractivity contribution in [3.8, 4) is 0 Å². The number of cyclic esters (lactones) is 1. The topological polar surface area (TPSA) is 221 Å². The predicted molar refractivity (Wildman–Crippen MR) is 230 cm³/mol. The number of rotatable bonds is 8. The van der Waals surface area contributed by atoms with Crippen LogP contribution in [0.2, 0.25) is 0 Å². The number of carbonyl (C=O) groups excluding carboxylic acids is 5. The fourth-order valence-corrected chi connectivity index (χ4v) is 9.78. The number of ketones is 2. The van der Waals surface area contributed by atoms with Gasteiger partial charge in [-0.15, -0.1) is 0 Å². The van der Waals surface area contributed by atoms with Crippen LogP contribution in [0.25, 0.3) is 0 Å². The van der Waals surface area contributed by atoms with Gasteiger partial charge in [-0.05, 0) is 119 Å². The molecular weight excluding hydrogens is 801 g/mol. The number of Topliss-reactive ketones (excluding diaryl/α,β-unsaturated/α-hetero) is 2. The van der Waals surface area contributed by atoms with Crippen molar-refractivity contribution in [3.63, 3.8) is 0 Å². The maximum atomic E-state index is 14.3. The lowest BCUT2D eigenvalue weighted by Gasteiger charge is -2.38. The molecule has 0 bridgehead atoms. The number of nitrogens with zero attached hydrogens (tertiary/aromatic N) is 2. The molecular formula is C47H76N2O13. The Kier molecular flexibility index (Phi) is 19.8. The molecule has 2 saturated heterocycles. The molecule has 1 aliphatic carbocycles. The average molecular weight is 877 g/mol. The number of carbonyl (C=O) groups is 5. The number of allylic oxidation sites excluding steroid dienone is 3. The zero-order valence-electron chi connectivity index (χ0n) is 38.2. The first kappa shape index (κ1) is 51.6. The van der Waals surface area contributed by atoms with Crippen LogP contribution in [0.1, 0.15) is 131 Å². The van der Waals surface area contributed by atoms with Gasteiger partial charge in [0.2, 0.25) is 11.7 Å². The number of fused-ring (bicyclic) bond motifs is 1. The second kappa shape index (κ2) is 23.8. The van der Waals surface area contributed by atoms with E-state index in [2.05, 4.69) is 6.92 Å². The van der Waals surface area contributed by atoms with Crippen molar-refractivity contribution in [3.05, 3.63) is 23.3 Å². The van der Waals surface area contributed by atoms with Crippen molar-refractivity contribution in [2.24, 2.45) is 29.6 Å². The number of β-amino-alcohol motifs (C(OH)–C–C–N with tert-alkyl or cyclic N) is 1. The molecule has 0 aromatic rings. The number of esters is 1. The van der Waals surface area contributed by atoms with Gasteiger partial charge in [-0.2, -0.15) is 0 Å². The van der Waals surface area contributed by atoms with Crippen molar-refractivity contribution < 1.29 is 63.7 Å². The molecule has 9 atom stereocenters. The summed E-state index contributed by atoms with van der Waals surface area (Å²) in [5.74, 6) is -8.73. The summed E-state index contributed by atoms with van der Waals surface area (Å²) >= 11 is 0. The van der Waals surface area contributed by atoms with Gasteiger partial charge in [0.05, 0.1) is 30.5 Å². The van der Waals surface area contributed by atoms with E-state index in [0.717, 1.165) is 4.90 Å². The number of aliphatic hydroxyl groups is 5. The van der Waals surface area contributed by atoms with Gasteiger partial charge in [0.1, 0.15) is 12.1 Å². The third-order valence-electron chi connectivity index (χ3n) is 13.8. The van der Waals surface area contributed by atoms with Gasteiger partial charge in [0.15, 0.2) is 5.78 Å². The molecule has 0 radical (unpaired) electrons. The Morgan fingerprint density at radius 1 is 0.871 bits per heavy atom. The highest BCUT2D eigenvalue weighted by atomic mass is 16.5. The van der Waals surface area contributed by atoms with Crippen LogP contribution in [0.5, 0.6) is 0 Å². The number of likely N-dealkylation sites (tertiary alicyclic amines) is 1. The third kappa shape index (κ3) is 14.2. The van der Waals surface area contributed by atoms with Crippen LogP contribution in [0.4, 0.5) is 0 Å². The highest BCUT2D eigenvalue weighted by Crippen LogP contribution is 2.33. The Morgan fingerprint density at radius 2 is 1.52 bits per heavy atom. The molecule has 4 rings (SSSR count). The van der Waals surface area contributed by atoms with E-state index in [-0.39, 0.29) is 73.9 Å². The second-order valence-electron chi connectivity index (χ2n) is 19.1. The quantitative estimate of drug-likeness (QED) is 0.102. The Hall–Kier alpha value is -3.05. The lowest BCUT2D eigenvalue weighted by Crippen LogP contribution is -2.58. The van der Waals surface area contributed by atoms with Crippen LogP contribution < -0.4 is 0 Å². The van der Waals surface area contributed by atoms with E-state index in [1.165, 1.54) is 14.0 Å². The molecule has 15 nitrogen and oxygen atoms in total. The Balaban J connectivity index is 1.70. The van der Waals surface area contributed by atoms with Crippen LogP contribution in [-0.2, 0) is 38.2 Å². The summed E-state index contributed by atoms with van der Waals surface area (Å²) in [6, 6.07) is -1.21. The van der Waals surface area contributed by atoms with Crippen molar-refractivity contribution in [2.45, 2.75) is 179 Å². The maximum absolute atomic E-state index is 14.3. The van der Waals surface area contributed by atoms with Gasteiger partial charge >= 0.3 is 5.97 Å². The van der Waals surface area contributed by atoms with E-state index < -0.39 is 65.7 Å². The van der Waals surface area contributed by atoms with Crippen LogP contribution in [0.15, 0.2) is 23.3 Å². The predicted octanol–water partition coefficient (Wildman–Crippen LogP) is 3.80. The molecule has 5 N–H and O–H groups in total. The number of methoxy groups -OCH3 is 2. The van der Waals surface area contributed by atoms with E-state index in [1.807, 2.05) is 19.1 Å². The third-order valence-corrected chi connectivity index (χ3v) is 13.8. The monoisotopic (exact) mass is 877 g/mol. The van der Waals surface area contributed by atoms with Gasteiger partial charge in [-0.1, -0.05) is 39.8 Å². The smallest absolute Gasteiger partial charge is 0.329 e. The molecule has 2 amide bonds. The molecule has 0 aromatic carbocycles. The van der Waals surface area contributed by atoms with E-state index in [1.54, 1.807) is 25.9 Å². The Bertz CT molecular complexity index is 1580. The lowest BCUT2D eigenvalue weighted by molar-refractivity contribution is -0.208. The molecule has 0 aromatic heterocycles. The van der Waals surface area contributed by atoms with Crippen molar-refractivity contribution in [1.29, 1.82) is 0 Å². The Labute approximate surface area is 368 Å². The van der Waals surface area contributed by atoms with E-state index in [4.69, 9.17) is 14.2 Å². The van der Waals surface area contributed by atoms with Gasteiger partial charge in [0.25, 0.3) is 11.7 Å². The molecule has 62 heavy (non-hydrogen) atoms. The minimum absolute atomic E-state index is 0.0128. The van der Waals surface area contributed by atoms with Crippen LogP contribution in [0, 0.1) is 29.6 Å². The van der Waals surface area contributed by atoms with Gasteiger partial charge in [0, 0.05) is 58.5 Å². The zero-order chi connectivity index (χ0) is 45.9. The van der Waals surface area contributed by atoms with E-state index >= 15 is 0 Å². The minimum atomic E-state index is -3.06. The zero-order valence-corrected chi connectivity index (χ0v) is 38.2. The van der Waals surface area contributed by atoms with Crippen molar-refractivity contribution >= 4 is 29.4 Å². The Morgan fingerprint density at radius 3 is 2.15 bits per heavy atom. The minimum Gasteiger partial charge on any atom is -0.456 e. The molecule has 3 fully saturated rings. The van der Waals surface area contributed by atoms with E-state index in [0.29, 0.717) is 94.9 Å². The van der Waals surface area contributed by atoms with Gasteiger partial charge in [-0.25, -0.2) is 4.79 Å². The highest BCUT2D eigenvalue weighted by molar-refractivity contribution is 6.39. The van der Waals surface area contributed by atoms with Crippen LogP contribution in [0.3, 0.4) is 0 Å². The van der Waals surface area contributed by atoms with E-state index in [9.17, 15) is 49.5 Å². The van der Waals surface area contributed by atoms with Crippen molar-refractivity contribution in [2.75, 3.05) is 33.9 Å². The number of amides is 2. The van der Waals surface area contributed by atoms with Crippen LogP contribution >= 0.6 is 0 Å². The molecule has 3 aliphatic heterocycles. The lowest BCUT2D eigenvalue weighted by atomic mass is 9.83. The number of piperidine rings is 1. The number of ether oxygens (including phenoxy) is 3. The first-order valence-corrected chi connectivity index (χ1v) is 23.1. The first-order chi connectivity index (χ1) is 29.2. The normalized spacial score (nSPS) is 35.6.